The minimum Gasteiger partial charge on any atom is -0.355 e. The lowest BCUT2D eigenvalue weighted by Gasteiger charge is -2.24. The van der Waals surface area contributed by atoms with Crippen LogP contribution in [0.1, 0.15) is 19.3 Å². The number of anilines is 1. The van der Waals surface area contributed by atoms with Crippen LogP contribution in [-0.4, -0.2) is 71.5 Å². The van der Waals surface area contributed by atoms with Gasteiger partial charge in [0.15, 0.2) is 0 Å². The van der Waals surface area contributed by atoms with Crippen LogP contribution in [0.3, 0.4) is 0 Å². The number of para-hydroxylation sites is 1. The number of rotatable bonds is 3. The Balaban J connectivity index is 1.43. The van der Waals surface area contributed by atoms with Crippen LogP contribution in [0, 0.1) is 0 Å². The van der Waals surface area contributed by atoms with Gasteiger partial charge in [0.1, 0.15) is 12.1 Å². The molecule has 1 amide bonds. The van der Waals surface area contributed by atoms with E-state index < -0.39 is 0 Å². The lowest BCUT2D eigenvalue weighted by Crippen LogP contribution is -2.40. The molecule has 1 aromatic carbocycles. The van der Waals surface area contributed by atoms with Crippen LogP contribution < -0.4 is 4.90 Å². The van der Waals surface area contributed by atoms with E-state index in [0.717, 1.165) is 75.3 Å². The molecule has 2 aliphatic heterocycles. The summed E-state index contributed by atoms with van der Waals surface area (Å²) in [5.74, 6) is 1.30. The van der Waals surface area contributed by atoms with Crippen LogP contribution in [0.15, 0.2) is 30.6 Å². The van der Waals surface area contributed by atoms with Crippen molar-refractivity contribution in [3.05, 3.63) is 30.6 Å². The summed E-state index contributed by atoms with van der Waals surface area (Å²) in [5.41, 5.74) is 0.984. The van der Waals surface area contributed by atoms with E-state index in [1.807, 2.05) is 23.1 Å². The summed E-state index contributed by atoms with van der Waals surface area (Å²) in [6.45, 7) is 6.16. The number of nitrogens with zero attached hydrogens (tertiary/aromatic N) is 5. The number of carbonyl (C=O) groups is 1. The van der Waals surface area contributed by atoms with Gasteiger partial charge in [-0.05, 0) is 31.4 Å². The summed E-state index contributed by atoms with van der Waals surface area (Å²) < 4.78 is 0. The van der Waals surface area contributed by atoms with E-state index in [9.17, 15) is 4.79 Å². The number of aromatic nitrogens is 2. The fourth-order valence-electron chi connectivity index (χ4n) is 3.84. The summed E-state index contributed by atoms with van der Waals surface area (Å²) >= 11 is 0. The molecular weight excluding hydrogens is 314 g/mol. The zero-order valence-corrected chi connectivity index (χ0v) is 14.6. The van der Waals surface area contributed by atoms with Gasteiger partial charge in [0, 0.05) is 44.7 Å². The Morgan fingerprint density at radius 3 is 2.64 bits per heavy atom. The highest BCUT2D eigenvalue weighted by atomic mass is 16.2. The Labute approximate surface area is 148 Å². The second kappa shape index (κ2) is 7.35. The summed E-state index contributed by atoms with van der Waals surface area (Å²) in [6, 6.07) is 8.16. The van der Waals surface area contributed by atoms with Gasteiger partial charge in [-0.25, -0.2) is 9.97 Å². The second-order valence-electron chi connectivity index (χ2n) is 6.92. The zero-order chi connectivity index (χ0) is 17.1. The number of amides is 1. The van der Waals surface area contributed by atoms with Gasteiger partial charge in [0.05, 0.1) is 12.1 Å². The van der Waals surface area contributed by atoms with Gasteiger partial charge < -0.3 is 9.80 Å². The molecule has 0 aliphatic carbocycles. The molecule has 0 unspecified atom stereocenters. The van der Waals surface area contributed by atoms with Crippen LogP contribution in [0.25, 0.3) is 10.9 Å². The summed E-state index contributed by atoms with van der Waals surface area (Å²) in [7, 11) is 0. The van der Waals surface area contributed by atoms with E-state index in [0.29, 0.717) is 12.5 Å². The molecule has 132 valence electrons. The predicted molar refractivity (Wildman–Crippen MR) is 98.6 cm³/mol. The molecule has 6 nitrogen and oxygen atoms in total. The number of benzene rings is 1. The van der Waals surface area contributed by atoms with Gasteiger partial charge in [0.25, 0.3) is 0 Å². The van der Waals surface area contributed by atoms with Gasteiger partial charge in [0.2, 0.25) is 5.91 Å². The van der Waals surface area contributed by atoms with Crippen molar-refractivity contribution in [2.24, 2.45) is 0 Å². The van der Waals surface area contributed by atoms with Crippen LogP contribution in [0.4, 0.5) is 5.82 Å². The monoisotopic (exact) mass is 339 g/mol. The van der Waals surface area contributed by atoms with Gasteiger partial charge in [-0.15, -0.1) is 0 Å². The minimum atomic E-state index is 0.290. The van der Waals surface area contributed by atoms with Gasteiger partial charge in [-0.3, -0.25) is 9.69 Å². The van der Waals surface area contributed by atoms with Crippen molar-refractivity contribution in [3.8, 4) is 0 Å². The maximum absolute atomic E-state index is 12.4. The molecule has 0 N–H and O–H groups in total. The lowest BCUT2D eigenvalue weighted by molar-refractivity contribution is -0.131. The summed E-state index contributed by atoms with van der Waals surface area (Å²) in [4.78, 5) is 28.0. The quantitative estimate of drug-likeness (QED) is 0.853. The number of hydrogen-bond donors (Lipinski definition) is 0. The van der Waals surface area contributed by atoms with Crippen molar-refractivity contribution in [1.82, 2.24) is 19.8 Å². The molecule has 0 saturated carbocycles. The molecule has 4 rings (SSSR count). The molecule has 2 saturated heterocycles. The van der Waals surface area contributed by atoms with E-state index >= 15 is 0 Å². The molecule has 0 spiro atoms. The Kier molecular flexibility index (Phi) is 4.78. The maximum Gasteiger partial charge on any atom is 0.236 e. The average molecular weight is 339 g/mol. The van der Waals surface area contributed by atoms with E-state index in [2.05, 4.69) is 25.8 Å². The van der Waals surface area contributed by atoms with E-state index in [4.69, 9.17) is 0 Å². The third kappa shape index (κ3) is 3.58. The fourth-order valence-corrected chi connectivity index (χ4v) is 3.84. The maximum atomic E-state index is 12.4. The van der Waals surface area contributed by atoms with Crippen LogP contribution in [0.5, 0.6) is 0 Å². The molecule has 2 fully saturated rings. The first-order chi connectivity index (χ1) is 12.3. The van der Waals surface area contributed by atoms with Crippen LogP contribution >= 0.6 is 0 Å². The van der Waals surface area contributed by atoms with Gasteiger partial charge >= 0.3 is 0 Å². The van der Waals surface area contributed by atoms with Crippen LogP contribution in [0.2, 0.25) is 0 Å². The van der Waals surface area contributed by atoms with Crippen molar-refractivity contribution in [2.45, 2.75) is 19.3 Å². The molecular formula is C19H25N5O. The highest BCUT2D eigenvalue weighted by molar-refractivity contribution is 5.89. The first-order valence-corrected chi connectivity index (χ1v) is 9.26. The molecule has 25 heavy (non-hydrogen) atoms. The topological polar surface area (TPSA) is 52.6 Å². The molecule has 0 atom stereocenters. The summed E-state index contributed by atoms with van der Waals surface area (Å²) in [5, 5.41) is 1.10. The first-order valence-electron chi connectivity index (χ1n) is 9.26. The van der Waals surface area contributed by atoms with Crippen molar-refractivity contribution >= 4 is 22.6 Å². The molecule has 3 heterocycles. The molecule has 0 radical (unpaired) electrons. The highest BCUT2D eigenvalue weighted by Gasteiger charge is 2.23. The standard InChI is InChI=1S/C19H25N5O/c25-18(23-9-3-4-10-23)14-22-8-5-11-24(13-12-22)19-16-6-1-2-7-17(16)20-15-21-19/h1-2,6-7,15H,3-5,8-14H2. The second-order valence-corrected chi connectivity index (χ2v) is 6.92. The number of likely N-dealkylation sites (tertiary alicyclic amines) is 1. The lowest BCUT2D eigenvalue weighted by atomic mass is 10.2. The highest BCUT2D eigenvalue weighted by Crippen LogP contribution is 2.23. The van der Waals surface area contributed by atoms with Gasteiger partial charge in [-0.1, -0.05) is 12.1 Å². The van der Waals surface area contributed by atoms with E-state index in [-0.39, 0.29) is 0 Å². The smallest absolute Gasteiger partial charge is 0.236 e. The third-order valence-electron chi connectivity index (χ3n) is 5.23. The van der Waals surface area contributed by atoms with Crippen molar-refractivity contribution in [1.29, 1.82) is 0 Å². The van der Waals surface area contributed by atoms with Crippen molar-refractivity contribution < 1.29 is 4.79 Å². The van der Waals surface area contributed by atoms with Gasteiger partial charge in [-0.2, -0.15) is 0 Å². The van der Waals surface area contributed by atoms with E-state index in [1.54, 1.807) is 6.33 Å². The fraction of sp³-hybridized carbons (Fsp3) is 0.526. The first kappa shape index (κ1) is 16.3. The molecule has 2 aliphatic rings. The van der Waals surface area contributed by atoms with Crippen molar-refractivity contribution in [3.63, 3.8) is 0 Å². The number of fused-ring (bicyclic) bond motifs is 1. The largest absolute Gasteiger partial charge is 0.355 e. The third-order valence-corrected chi connectivity index (χ3v) is 5.23. The molecule has 2 aromatic rings. The Hall–Kier alpha value is -2.21. The summed E-state index contributed by atoms with van der Waals surface area (Å²) in [6.07, 6.45) is 5.00. The number of hydrogen-bond acceptors (Lipinski definition) is 5. The molecule has 6 heteroatoms. The average Bonchev–Trinajstić information content (AvgIpc) is 3.09. The van der Waals surface area contributed by atoms with E-state index in [1.165, 1.54) is 0 Å². The molecule has 1 aromatic heterocycles. The Morgan fingerprint density at radius 1 is 0.920 bits per heavy atom. The SMILES string of the molecule is O=C(CN1CCCN(c2ncnc3ccccc23)CC1)N1CCCC1. The Morgan fingerprint density at radius 2 is 1.76 bits per heavy atom. The molecule has 0 bridgehead atoms. The minimum absolute atomic E-state index is 0.290. The normalized spacial score (nSPS) is 19.4. The number of carbonyl (C=O) groups excluding carboxylic acids is 1. The van der Waals surface area contributed by atoms with Crippen molar-refractivity contribution in [2.75, 3.05) is 50.7 Å². The Bertz CT molecular complexity index is 738. The van der Waals surface area contributed by atoms with Crippen LogP contribution in [-0.2, 0) is 4.79 Å². The zero-order valence-electron chi connectivity index (χ0n) is 14.6. The predicted octanol–water partition coefficient (Wildman–Crippen LogP) is 1.76.